The zero-order chi connectivity index (χ0) is 18.6. The number of nitrogens with zero attached hydrogens (tertiary/aromatic N) is 2. The van der Waals surface area contributed by atoms with E-state index in [2.05, 4.69) is 14.7 Å². The molecule has 1 aliphatic rings. The fraction of sp³-hybridized carbons (Fsp3) is 0.412. The maximum absolute atomic E-state index is 12.8. The summed E-state index contributed by atoms with van der Waals surface area (Å²) in [4.78, 5) is 21.1. The molecule has 1 aliphatic heterocycles. The third-order valence-corrected chi connectivity index (χ3v) is 4.11. The molecule has 1 N–H and O–H groups in total. The molecule has 0 atom stereocenters. The number of aromatic amines is 1. The van der Waals surface area contributed by atoms with Gasteiger partial charge in [0.25, 0.3) is 5.91 Å². The zero-order valence-electron chi connectivity index (χ0n) is 13.8. The smallest absolute Gasteiger partial charge is 0.406 e. The molecule has 1 aromatic heterocycles. The Morgan fingerprint density at radius 3 is 2.77 bits per heavy atom. The van der Waals surface area contributed by atoms with Crippen LogP contribution in [0.25, 0.3) is 0 Å². The third-order valence-electron chi connectivity index (χ3n) is 4.11. The van der Waals surface area contributed by atoms with Crippen molar-refractivity contribution in [3.8, 4) is 5.75 Å². The second-order valence-corrected chi connectivity index (χ2v) is 5.94. The standard InChI is InChI=1S/C17H18F3N3O3/c18-17(19,20)26-14-3-1-2-12(8-14)10-23(13-4-6-25-7-5-13)16(24)15-9-21-11-22-15/h1-3,8-9,11,13H,4-7,10H2,(H,21,22). The number of amides is 1. The van der Waals surface area contributed by atoms with Crippen LogP contribution in [0.4, 0.5) is 13.2 Å². The molecule has 1 fully saturated rings. The van der Waals surface area contributed by atoms with E-state index in [-0.39, 0.29) is 24.2 Å². The lowest BCUT2D eigenvalue weighted by Gasteiger charge is -2.34. The summed E-state index contributed by atoms with van der Waals surface area (Å²) < 4.78 is 46.6. The number of carbonyl (C=O) groups is 1. The normalized spacial score (nSPS) is 15.7. The van der Waals surface area contributed by atoms with Gasteiger partial charge in [0.15, 0.2) is 0 Å². The van der Waals surface area contributed by atoms with Crippen LogP contribution in [0.15, 0.2) is 36.8 Å². The SMILES string of the molecule is O=C(c1cnc[nH]1)N(Cc1cccc(OC(F)(F)F)c1)C1CCOCC1. The summed E-state index contributed by atoms with van der Waals surface area (Å²) in [6.07, 6.45) is -0.590. The molecule has 0 unspecified atom stereocenters. The lowest BCUT2D eigenvalue weighted by molar-refractivity contribution is -0.274. The Hall–Kier alpha value is -2.55. The van der Waals surface area contributed by atoms with Crippen molar-refractivity contribution in [2.75, 3.05) is 13.2 Å². The number of hydrogen-bond donors (Lipinski definition) is 1. The number of alkyl halides is 3. The highest BCUT2D eigenvalue weighted by molar-refractivity contribution is 5.92. The second kappa shape index (κ2) is 7.77. The first-order chi connectivity index (χ1) is 12.4. The van der Waals surface area contributed by atoms with Gasteiger partial charge < -0.3 is 19.4 Å². The molecule has 9 heteroatoms. The minimum Gasteiger partial charge on any atom is -0.406 e. The zero-order valence-corrected chi connectivity index (χ0v) is 13.8. The maximum Gasteiger partial charge on any atom is 0.573 e. The highest BCUT2D eigenvalue weighted by Crippen LogP contribution is 2.25. The van der Waals surface area contributed by atoms with Crippen molar-refractivity contribution >= 4 is 5.91 Å². The van der Waals surface area contributed by atoms with Crippen molar-refractivity contribution in [3.05, 3.63) is 48.0 Å². The van der Waals surface area contributed by atoms with Crippen LogP contribution in [0.1, 0.15) is 28.9 Å². The number of benzene rings is 1. The number of rotatable bonds is 5. The molecular formula is C17H18F3N3O3. The Morgan fingerprint density at radius 1 is 1.35 bits per heavy atom. The van der Waals surface area contributed by atoms with Crippen LogP contribution in [0.3, 0.4) is 0 Å². The first-order valence-electron chi connectivity index (χ1n) is 8.14. The van der Waals surface area contributed by atoms with E-state index in [1.807, 2.05) is 0 Å². The minimum absolute atomic E-state index is 0.0632. The molecule has 0 bridgehead atoms. The average Bonchev–Trinajstić information content (AvgIpc) is 3.13. The fourth-order valence-electron chi connectivity index (χ4n) is 2.93. The molecule has 140 valence electrons. The number of halogens is 3. The number of hydrogen-bond acceptors (Lipinski definition) is 4. The van der Waals surface area contributed by atoms with E-state index < -0.39 is 6.36 Å². The van der Waals surface area contributed by atoms with Crippen LogP contribution in [0, 0.1) is 0 Å². The summed E-state index contributed by atoms with van der Waals surface area (Å²) in [5.74, 6) is -0.563. The van der Waals surface area contributed by atoms with Crippen LogP contribution < -0.4 is 4.74 Å². The van der Waals surface area contributed by atoms with Crippen LogP contribution in [0.2, 0.25) is 0 Å². The van der Waals surface area contributed by atoms with Crippen molar-refractivity contribution < 1.29 is 27.4 Å². The van der Waals surface area contributed by atoms with Crippen molar-refractivity contribution in [2.45, 2.75) is 31.8 Å². The third kappa shape index (κ3) is 4.75. The summed E-state index contributed by atoms with van der Waals surface area (Å²) in [7, 11) is 0. The minimum atomic E-state index is -4.76. The van der Waals surface area contributed by atoms with Crippen LogP contribution in [-0.2, 0) is 11.3 Å². The van der Waals surface area contributed by atoms with Gasteiger partial charge >= 0.3 is 6.36 Å². The Kier molecular flexibility index (Phi) is 5.46. The molecule has 3 rings (SSSR count). The molecule has 0 spiro atoms. The van der Waals surface area contributed by atoms with E-state index in [9.17, 15) is 18.0 Å². The largest absolute Gasteiger partial charge is 0.573 e. The molecule has 26 heavy (non-hydrogen) atoms. The molecule has 1 saturated heterocycles. The summed E-state index contributed by atoms with van der Waals surface area (Å²) >= 11 is 0. The number of carbonyl (C=O) groups excluding carboxylic acids is 1. The number of ether oxygens (including phenoxy) is 2. The number of imidazole rings is 1. The van der Waals surface area contributed by atoms with Gasteiger partial charge in [-0.2, -0.15) is 0 Å². The molecule has 0 radical (unpaired) electrons. The predicted octanol–water partition coefficient (Wildman–Crippen LogP) is 3.13. The van der Waals surface area contributed by atoms with Crippen LogP contribution in [-0.4, -0.2) is 46.4 Å². The van der Waals surface area contributed by atoms with Crippen molar-refractivity contribution in [2.24, 2.45) is 0 Å². The van der Waals surface area contributed by atoms with Gasteiger partial charge in [0.1, 0.15) is 11.4 Å². The molecule has 6 nitrogen and oxygen atoms in total. The van der Waals surface area contributed by atoms with Gasteiger partial charge in [-0.15, -0.1) is 13.2 Å². The average molecular weight is 369 g/mol. The van der Waals surface area contributed by atoms with Crippen LogP contribution >= 0.6 is 0 Å². The lowest BCUT2D eigenvalue weighted by atomic mass is 10.0. The van der Waals surface area contributed by atoms with E-state index in [0.717, 1.165) is 0 Å². The Balaban J connectivity index is 1.81. The summed E-state index contributed by atoms with van der Waals surface area (Å²) in [5.41, 5.74) is 0.880. The Labute approximate surface area is 147 Å². The quantitative estimate of drug-likeness (QED) is 0.879. The van der Waals surface area contributed by atoms with E-state index in [1.54, 1.807) is 11.0 Å². The van der Waals surface area contributed by atoms with E-state index in [4.69, 9.17) is 4.74 Å². The summed E-state index contributed by atoms with van der Waals surface area (Å²) in [6.45, 7) is 1.24. The number of nitrogens with one attached hydrogen (secondary N) is 1. The van der Waals surface area contributed by atoms with Crippen molar-refractivity contribution in [1.82, 2.24) is 14.9 Å². The van der Waals surface area contributed by atoms with E-state index >= 15 is 0 Å². The lowest BCUT2D eigenvalue weighted by Crippen LogP contribution is -2.43. The van der Waals surface area contributed by atoms with Gasteiger partial charge in [-0.3, -0.25) is 4.79 Å². The molecule has 1 aromatic carbocycles. The van der Waals surface area contributed by atoms with Gasteiger partial charge in [-0.05, 0) is 30.5 Å². The van der Waals surface area contributed by atoms with Gasteiger partial charge in [0.05, 0.1) is 12.5 Å². The Bertz CT molecular complexity index is 728. The van der Waals surface area contributed by atoms with Crippen LogP contribution in [0.5, 0.6) is 5.75 Å². The summed E-state index contributed by atoms with van der Waals surface area (Å²) in [6, 6.07) is 5.59. The first-order valence-corrected chi connectivity index (χ1v) is 8.14. The second-order valence-electron chi connectivity index (χ2n) is 5.94. The number of aromatic nitrogens is 2. The molecule has 2 aromatic rings. The number of H-pyrrole nitrogens is 1. The summed E-state index contributed by atoms with van der Waals surface area (Å²) in [5, 5.41) is 0. The van der Waals surface area contributed by atoms with Gasteiger partial charge in [0, 0.05) is 25.8 Å². The van der Waals surface area contributed by atoms with Gasteiger partial charge in [-0.1, -0.05) is 12.1 Å². The molecular weight excluding hydrogens is 351 g/mol. The molecule has 2 heterocycles. The predicted molar refractivity (Wildman–Crippen MR) is 85.4 cm³/mol. The monoisotopic (exact) mass is 369 g/mol. The van der Waals surface area contributed by atoms with Crippen molar-refractivity contribution in [1.29, 1.82) is 0 Å². The Morgan fingerprint density at radius 2 is 2.12 bits per heavy atom. The fourth-order valence-corrected chi connectivity index (χ4v) is 2.93. The molecule has 1 amide bonds. The van der Waals surface area contributed by atoms with Crippen molar-refractivity contribution in [3.63, 3.8) is 0 Å². The topological polar surface area (TPSA) is 67.5 Å². The van der Waals surface area contributed by atoms with Gasteiger partial charge in [-0.25, -0.2) is 4.98 Å². The van der Waals surface area contributed by atoms with E-state index in [0.29, 0.717) is 37.3 Å². The highest BCUT2D eigenvalue weighted by Gasteiger charge is 2.31. The van der Waals surface area contributed by atoms with Gasteiger partial charge in [0.2, 0.25) is 0 Å². The molecule has 0 saturated carbocycles. The van der Waals surface area contributed by atoms with E-state index in [1.165, 1.54) is 30.7 Å². The maximum atomic E-state index is 12.8. The first kappa shape index (κ1) is 18.2. The highest BCUT2D eigenvalue weighted by atomic mass is 19.4. The molecule has 0 aliphatic carbocycles.